The minimum Gasteiger partial charge on any atom is -0.260 e. The lowest BCUT2D eigenvalue weighted by molar-refractivity contribution is 1.16. The zero-order chi connectivity index (χ0) is 8.81. The molecule has 0 spiro atoms. The van der Waals surface area contributed by atoms with Crippen LogP contribution >= 0.6 is 0 Å². The van der Waals surface area contributed by atoms with Crippen molar-refractivity contribution in [1.29, 1.82) is 0 Å². The van der Waals surface area contributed by atoms with E-state index in [4.69, 9.17) is 0 Å². The van der Waals surface area contributed by atoms with Crippen LogP contribution in [0, 0.1) is 13.8 Å². The standard InChI is InChI=1S/C10H12N2/c1-9-5-3-4-6-10(2)12-8-7-11-9/h3-8H,1-2H3. The summed E-state index contributed by atoms with van der Waals surface area (Å²) in [6, 6.07) is 7.83. The van der Waals surface area contributed by atoms with E-state index in [2.05, 4.69) is 9.97 Å². The minimum atomic E-state index is 0.977. The van der Waals surface area contributed by atoms with Crippen LogP contribution in [-0.2, 0) is 0 Å². The predicted octanol–water partition coefficient (Wildman–Crippen LogP) is 2.22. The summed E-state index contributed by atoms with van der Waals surface area (Å²) in [5.74, 6) is 0. The van der Waals surface area contributed by atoms with Gasteiger partial charge in [0, 0.05) is 23.8 Å². The van der Waals surface area contributed by atoms with Gasteiger partial charge in [0.15, 0.2) is 0 Å². The summed E-state index contributed by atoms with van der Waals surface area (Å²) in [7, 11) is 0. The maximum absolute atomic E-state index is 4.13. The average molecular weight is 160 g/mol. The molecule has 0 bridgehead atoms. The van der Waals surface area contributed by atoms with E-state index in [9.17, 15) is 0 Å². The van der Waals surface area contributed by atoms with Crippen LogP contribution in [0.2, 0.25) is 0 Å². The summed E-state index contributed by atoms with van der Waals surface area (Å²) >= 11 is 0. The molecule has 0 saturated heterocycles. The molecule has 1 aromatic rings. The first-order valence-electron chi connectivity index (χ1n) is 3.87. The quantitative estimate of drug-likeness (QED) is 0.581. The lowest BCUT2D eigenvalue weighted by atomic mass is 10.4. The molecule has 0 amide bonds. The second-order valence-corrected chi connectivity index (χ2v) is 2.56. The van der Waals surface area contributed by atoms with Crippen molar-refractivity contribution in [2.24, 2.45) is 0 Å². The van der Waals surface area contributed by atoms with Crippen molar-refractivity contribution in [3.8, 4) is 0 Å². The van der Waals surface area contributed by atoms with Gasteiger partial charge in [-0.05, 0) is 26.0 Å². The minimum absolute atomic E-state index is 0.977. The summed E-state index contributed by atoms with van der Waals surface area (Å²) in [4.78, 5) is 8.26. The maximum Gasteiger partial charge on any atom is 0.0454 e. The highest BCUT2D eigenvalue weighted by Gasteiger charge is 1.75. The van der Waals surface area contributed by atoms with E-state index in [-0.39, 0.29) is 0 Å². The molecule has 1 heterocycles. The molecular formula is C10H12N2. The highest BCUT2D eigenvalue weighted by atomic mass is 14.7. The Hall–Kier alpha value is -1.44. The van der Waals surface area contributed by atoms with Gasteiger partial charge in [-0.15, -0.1) is 0 Å². The van der Waals surface area contributed by atoms with Gasteiger partial charge in [-0.25, -0.2) is 0 Å². The third-order valence-corrected chi connectivity index (χ3v) is 1.41. The van der Waals surface area contributed by atoms with E-state index >= 15 is 0 Å². The van der Waals surface area contributed by atoms with E-state index in [1.54, 1.807) is 12.4 Å². The van der Waals surface area contributed by atoms with Crippen LogP contribution in [0.5, 0.6) is 0 Å². The summed E-state index contributed by atoms with van der Waals surface area (Å²) < 4.78 is 0. The Morgan fingerprint density at radius 3 is 1.67 bits per heavy atom. The zero-order valence-electron chi connectivity index (χ0n) is 7.36. The van der Waals surface area contributed by atoms with Gasteiger partial charge in [-0.2, -0.15) is 0 Å². The lowest BCUT2D eigenvalue weighted by Crippen LogP contribution is -1.75. The summed E-state index contributed by atoms with van der Waals surface area (Å²) in [6.07, 6.45) is 3.39. The van der Waals surface area contributed by atoms with Gasteiger partial charge >= 0.3 is 0 Å². The molecule has 0 saturated carbocycles. The first kappa shape index (κ1) is 8.65. The van der Waals surface area contributed by atoms with Gasteiger partial charge in [-0.3, -0.25) is 9.97 Å². The Morgan fingerprint density at radius 2 is 1.25 bits per heavy atom. The van der Waals surface area contributed by atoms with E-state index in [1.807, 2.05) is 38.1 Å². The molecule has 0 N–H and O–H groups in total. The van der Waals surface area contributed by atoms with Crippen molar-refractivity contribution in [2.75, 3.05) is 0 Å². The third kappa shape index (κ3) is 3.10. The number of hydrogen-bond acceptors (Lipinski definition) is 2. The molecular weight excluding hydrogens is 148 g/mol. The van der Waals surface area contributed by atoms with Crippen LogP contribution in [0.4, 0.5) is 0 Å². The van der Waals surface area contributed by atoms with Crippen molar-refractivity contribution < 1.29 is 0 Å². The fourth-order valence-corrected chi connectivity index (χ4v) is 0.777. The Kier molecular flexibility index (Phi) is 3.20. The SMILES string of the molecule is Cc1ccccc(C)nccn1. The smallest absolute Gasteiger partial charge is 0.0454 e. The van der Waals surface area contributed by atoms with Gasteiger partial charge < -0.3 is 0 Å². The molecule has 0 aromatic carbocycles. The fraction of sp³-hybridized carbons (Fsp3) is 0.200. The molecule has 62 valence electrons. The second-order valence-electron chi connectivity index (χ2n) is 2.56. The summed E-state index contributed by atoms with van der Waals surface area (Å²) in [5, 5.41) is 0. The topological polar surface area (TPSA) is 25.8 Å². The van der Waals surface area contributed by atoms with Crippen LogP contribution in [0.25, 0.3) is 0 Å². The van der Waals surface area contributed by atoms with Crippen molar-refractivity contribution in [3.63, 3.8) is 0 Å². The molecule has 0 atom stereocenters. The Balaban J connectivity index is 3.18. The van der Waals surface area contributed by atoms with Crippen LogP contribution in [0.3, 0.4) is 0 Å². The normalized spacial score (nSPS) is 8.83. The van der Waals surface area contributed by atoms with Gasteiger partial charge in [0.05, 0.1) is 0 Å². The molecule has 0 aliphatic rings. The first-order chi connectivity index (χ1) is 5.79. The van der Waals surface area contributed by atoms with Gasteiger partial charge in [0.25, 0.3) is 0 Å². The average Bonchev–Trinajstić information content (AvgIpc) is 2.06. The van der Waals surface area contributed by atoms with Crippen molar-refractivity contribution in [1.82, 2.24) is 9.97 Å². The van der Waals surface area contributed by atoms with Crippen molar-refractivity contribution >= 4 is 0 Å². The molecule has 0 aliphatic carbocycles. The monoisotopic (exact) mass is 160 g/mol. The summed E-state index contributed by atoms with van der Waals surface area (Å²) in [6.45, 7) is 3.90. The first-order valence-corrected chi connectivity index (χ1v) is 3.87. The molecule has 0 radical (unpaired) electrons. The molecule has 0 unspecified atom stereocenters. The molecule has 2 nitrogen and oxygen atoms in total. The molecule has 1 aromatic heterocycles. The van der Waals surface area contributed by atoms with E-state index in [0.717, 1.165) is 11.4 Å². The zero-order valence-corrected chi connectivity index (χ0v) is 7.36. The lowest BCUT2D eigenvalue weighted by Gasteiger charge is -1.83. The van der Waals surface area contributed by atoms with E-state index in [1.165, 1.54) is 0 Å². The van der Waals surface area contributed by atoms with Gasteiger partial charge in [0.2, 0.25) is 0 Å². The number of aryl methyl sites for hydroxylation is 2. The highest BCUT2D eigenvalue weighted by molar-refractivity contribution is 5.01. The second kappa shape index (κ2) is 4.44. The fourth-order valence-electron chi connectivity index (χ4n) is 0.777. The number of aromatic nitrogens is 2. The Bertz CT molecular complexity index is 247. The Morgan fingerprint density at radius 1 is 0.833 bits per heavy atom. The van der Waals surface area contributed by atoms with Gasteiger partial charge in [-0.1, -0.05) is 12.1 Å². The van der Waals surface area contributed by atoms with E-state index in [0.29, 0.717) is 0 Å². The molecule has 0 aliphatic heterocycles. The largest absolute Gasteiger partial charge is 0.260 e. The highest BCUT2D eigenvalue weighted by Crippen LogP contribution is 1.87. The Labute approximate surface area is 72.6 Å². The molecule has 2 heteroatoms. The summed E-state index contributed by atoms with van der Waals surface area (Å²) in [5.41, 5.74) is 1.95. The molecule has 1 rings (SSSR count). The van der Waals surface area contributed by atoms with Crippen LogP contribution in [0.15, 0.2) is 36.7 Å². The van der Waals surface area contributed by atoms with Crippen molar-refractivity contribution in [3.05, 3.63) is 48.0 Å². The number of hydrogen-bond donors (Lipinski definition) is 0. The van der Waals surface area contributed by atoms with Crippen LogP contribution < -0.4 is 0 Å². The maximum atomic E-state index is 4.13. The number of nitrogens with zero attached hydrogens (tertiary/aromatic N) is 2. The van der Waals surface area contributed by atoms with Crippen LogP contribution in [-0.4, -0.2) is 9.97 Å². The van der Waals surface area contributed by atoms with Crippen molar-refractivity contribution in [2.45, 2.75) is 13.8 Å². The van der Waals surface area contributed by atoms with E-state index < -0.39 is 0 Å². The van der Waals surface area contributed by atoms with Gasteiger partial charge in [0.1, 0.15) is 0 Å². The number of rotatable bonds is 0. The molecule has 12 heavy (non-hydrogen) atoms. The molecule has 0 fully saturated rings. The third-order valence-electron chi connectivity index (χ3n) is 1.41. The predicted molar refractivity (Wildman–Crippen MR) is 49.1 cm³/mol. The van der Waals surface area contributed by atoms with Crippen LogP contribution in [0.1, 0.15) is 11.4 Å².